The fraction of sp³-hybridized carbons (Fsp3) is 0.182. The van der Waals surface area contributed by atoms with Gasteiger partial charge in [0.15, 0.2) is 0 Å². The van der Waals surface area contributed by atoms with Gasteiger partial charge in [0, 0.05) is 67.2 Å². The van der Waals surface area contributed by atoms with Gasteiger partial charge in [-0.25, -0.2) is 4.85 Å². The highest BCUT2D eigenvalue weighted by atomic mass is 15.0. The second-order valence-electron chi connectivity index (χ2n) is 6.86. The lowest BCUT2D eigenvalue weighted by atomic mass is 10.1. The van der Waals surface area contributed by atoms with Gasteiger partial charge in [0.1, 0.15) is 17.3 Å². The monoisotopic (exact) mass is 394 g/mol. The summed E-state index contributed by atoms with van der Waals surface area (Å²) in [6.45, 7) is 11.8. The SMILES string of the molecule is [C-]#[N+]/C(c1cnccn1)=c1\c2c(C)n(C)/c(=C(/C#N)c3cnccn3)c2c(C)n1C. The predicted octanol–water partition coefficient (Wildman–Crippen LogP) is 1.51. The minimum absolute atomic E-state index is 0.418. The minimum atomic E-state index is 0.418. The van der Waals surface area contributed by atoms with Gasteiger partial charge in [-0.1, -0.05) is 0 Å². The first-order chi connectivity index (χ1) is 14.5. The number of hydrogen-bond acceptors (Lipinski definition) is 5. The van der Waals surface area contributed by atoms with Crippen LogP contribution in [0.25, 0.3) is 26.9 Å². The Morgan fingerprint density at radius 2 is 1.43 bits per heavy atom. The van der Waals surface area contributed by atoms with Crippen LogP contribution >= 0.6 is 0 Å². The molecule has 0 spiro atoms. The Labute approximate surface area is 172 Å². The zero-order valence-electron chi connectivity index (χ0n) is 17.0. The van der Waals surface area contributed by atoms with Crippen LogP contribution in [-0.4, -0.2) is 29.1 Å². The summed E-state index contributed by atoms with van der Waals surface area (Å²) in [5, 5.41) is 13.3. The van der Waals surface area contributed by atoms with Crippen molar-refractivity contribution in [2.45, 2.75) is 13.8 Å². The number of rotatable bonds is 2. The lowest BCUT2D eigenvalue weighted by Gasteiger charge is -2.05. The Hall–Kier alpha value is -4.30. The topological polar surface area (TPSA) is 89.6 Å². The summed E-state index contributed by atoms with van der Waals surface area (Å²) in [5.74, 6) is 0. The quantitative estimate of drug-likeness (QED) is 0.481. The Morgan fingerprint density at radius 1 is 0.900 bits per heavy atom. The molecule has 0 saturated heterocycles. The molecule has 4 aromatic rings. The smallest absolute Gasteiger partial charge is 0.237 e. The van der Waals surface area contributed by atoms with Crippen LogP contribution in [0.2, 0.25) is 0 Å². The van der Waals surface area contributed by atoms with Gasteiger partial charge >= 0.3 is 0 Å². The highest BCUT2D eigenvalue weighted by molar-refractivity contribution is 5.95. The van der Waals surface area contributed by atoms with E-state index in [-0.39, 0.29) is 0 Å². The van der Waals surface area contributed by atoms with Gasteiger partial charge < -0.3 is 9.13 Å². The fourth-order valence-corrected chi connectivity index (χ4v) is 3.83. The van der Waals surface area contributed by atoms with Gasteiger partial charge in [-0.15, -0.1) is 0 Å². The molecule has 0 atom stereocenters. The molecule has 0 aromatic carbocycles. The first-order valence-electron chi connectivity index (χ1n) is 9.20. The summed E-state index contributed by atoms with van der Waals surface area (Å²) in [6.07, 6.45) is 9.48. The van der Waals surface area contributed by atoms with Crippen molar-refractivity contribution in [3.8, 4) is 6.07 Å². The van der Waals surface area contributed by atoms with Crippen molar-refractivity contribution in [3.05, 3.63) is 82.1 Å². The standard InChI is InChI=1S/C22H18N8/c1-13-18-19(22(30(13)5)20(24-3)17-12-26-7-9-28-17)14(2)29(4)21(18)15(10-23)16-11-25-6-8-27-16/h6-9,11-12H,1-2,4-5H3/b21-15-,22-20+. The highest BCUT2D eigenvalue weighted by Crippen LogP contribution is 2.21. The molecule has 0 N–H and O–H groups in total. The van der Waals surface area contributed by atoms with Gasteiger partial charge in [-0.2, -0.15) is 5.26 Å². The van der Waals surface area contributed by atoms with Crippen LogP contribution in [-0.2, 0) is 14.1 Å². The van der Waals surface area contributed by atoms with Crippen molar-refractivity contribution in [1.29, 1.82) is 5.26 Å². The van der Waals surface area contributed by atoms with E-state index in [1.165, 1.54) is 0 Å². The number of aryl methyl sites for hydroxylation is 2. The average Bonchev–Trinajstić information content (AvgIpc) is 3.18. The predicted molar refractivity (Wildman–Crippen MR) is 112 cm³/mol. The molecular weight excluding hydrogens is 376 g/mol. The molecule has 8 nitrogen and oxygen atoms in total. The summed E-state index contributed by atoms with van der Waals surface area (Å²) in [4.78, 5) is 20.7. The van der Waals surface area contributed by atoms with E-state index < -0.39 is 0 Å². The molecule has 0 fully saturated rings. The molecule has 0 radical (unpaired) electrons. The molecule has 0 aliphatic carbocycles. The van der Waals surface area contributed by atoms with Crippen LogP contribution in [0, 0.1) is 31.8 Å². The third-order valence-electron chi connectivity index (χ3n) is 5.43. The second-order valence-corrected chi connectivity index (χ2v) is 6.86. The maximum atomic E-state index is 9.98. The molecule has 0 unspecified atom stereocenters. The van der Waals surface area contributed by atoms with E-state index in [4.69, 9.17) is 6.57 Å². The molecule has 146 valence electrons. The van der Waals surface area contributed by atoms with Crippen molar-refractivity contribution in [1.82, 2.24) is 29.1 Å². The van der Waals surface area contributed by atoms with Gasteiger partial charge in [-0.3, -0.25) is 19.9 Å². The lowest BCUT2D eigenvalue weighted by Crippen LogP contribution is -2.22. The normalized spacial score (nSPS) is 13.0. The Kier molecular flexibility index (Phi) is 4.61. The summed E-state index contributed by atoms with van der Waals surface area (Å²) in [7, 11) is 3.84. The molecule has 0 saturated carbocycles. The van der Waals surface area contributed by atoms with Crippen LogP contribution in [0.3, 0.4) is 0 Å². The molecule has 0 amide bonds. The molecule has 4 aromatic heterocycles. The molecule has 4 heterocycles. The maximum absolute atomic E-state index is 9.98. The molecular formula is C22H18N8. The van der Waals surface area contributed by atoms with Crippen LogP contribution in [0.5, 0.6) is 0 Å². The maximum Gasteiger partial charge on any atom is 0.237 e. The Balaban J connectivity index is 2.30. The molecule has 30 heavy (non-hydrogen) atoms. The molecule has 4 rings (SSSR count). The molecule has 0 aliphatic rings. The number of fused-ring (bicyclic) bond motifs is 1. The number of hydrogen-bond donors (Lipinski definition) is 0. The second kappa shape index (κ2) is 7.26. The van der Waals surface area contributed by atoms with E-state index in [2.05, 4.69) is 30.9 Å². The lowest BCUT2D eigenvalue weighted by molar-refractivity contribution is 0.826. The van der Waals surface area contributed by atoms with Crippen molar-refractivity contribution < 1.29 is 0 Å². The number of aromatic nitrogens is 6. The summed E-state index contributed by atoms with van der Waals surface area (Å²) >= 11 is 0. The molecule has 0 aliphatic heterocycles. The van der Waals surface area contributed by atoms with Gasteiger partial charge in [-0.05, 0) is 13.8 Å². The van der Waals surface area contributed by atoms with Gasteiger partial charge in [0.25, 0.3) is 0 Å². The zero-order valence-corrected chi connectivity index (χ0v) is 17.0. The average molecular weight is 394 g/mol. The third-order valence-corrected chi connectivity index (χ3v) is 5.43. The fourth-order valence-electron chi connectivity index (χ4n) is 3.83. The van der Waals surface area contributed by atoms with Crippen LogP contribution in [0.1, 0.15) is 22.8 Å². The van der Waals surface area contributed by atoms with Crippen LogP contribution < -0.4 is 10.7 Å². The van der Waals surface area contributed by atoms with E-state index >= 15 is 0 Å². The van der Waals surface area contributed by atoms with Crippen molar-refractivity contribution in [3.63, 3.8) is 0 Å². The number of nitrogens with zero attached hydrogens (tertiary/aromatic N) is 8. The Morgan fingerprint density at radius 3 is 1.93 bits per heavy atom. The molecule has 0 bridgehead atoms. The van der Waals surface area contributed by atoms with Crippen LogP contribution in [0.4, 0.5) is 0 Å². The minimum Gasteiger partial charge on any atom is -0.356 e. The zero-order chi connectivity index (χ0) is 21.4. The van der Waals surface area contributed by atoms with E-state index in [0.717, 1.165) is 32.9 Å². The number of nitriles is 1. The third kappa shape index (κ3) is 2.66. The first kappa shape index (κ1) is 19.0. The van der Waals surface area contributed by atoms with Crippen molar-refractivity contribution in [2.24, 2.45) is 14.1 Å². The van der Waals surface area contributed by atoms with E-state index in [9.17, 15) is 5.26 Å². The summed E-state index contributed by atoms with van der Waals surface area (Å²) < 4.78 is 3.96. The van der Waals surface area contributed by atoms with Crippen LogP contribution in [0.15, 0.2) is 37.2 Å². The summed E-state index contributed by atoms with van der Waals surface area (Å²) in [6, 6.07) is 2.31. The van der Waals surface area contributed by atoms with Gasteiger partial charge in [0.05, 0.1) is 29.2 Å². The van der Waals surface area contributed by atoms with Crippen molar-refractivity contribution >= 4 is 22.0 Å². The summed E-state index contributed by atoms with van der Waals surface area (Å²) in [5.41, 5.74) is 3.77. The Bertz CT molecular complexity index is 1360. The van der Waals surface area contributed by atoms with E-state index in [1.54, 1.807) is 37.2 Å². The van der Waals surface area contributed by atoms with Crippen molar-refractivity contribution in [2.75, 3.05) is 0 Å². The van der Waals surface area contributed by atoms with E-state index in [0.29, 0.717) is 22.7 Å². The van der Waals surface area contributed by atoms with Gasteiger partial charge in [0.2, 0.25) is 5.70 Å². The van der Waals surface area contributed by atoms with E-state index in [1.807, 2.05) is 37.1 Å². The molecule has 8 heteroatoms. The first-order valence-corrected chi connectivity index (χ1v) is 9.20. The largest absolute Gasteiger partial charge is 0.356 e. The highest BCUT2D eigenvalue weighted by Gasteiger charge is 2.21.